The summed E-state index contributed by atoms with van der Waals surface area (Å²) in [6, 6.07) is 7.54. The molecule has 2 rings (SSSR count). The lowest BCUT2D eigenvalue weighted by Gasteiger charge is -1.98. The first kappa shape index (κ1) is 8.20. The first-order valence-electron chi connectivity index (χ1n) is 3.88. The van der Waals surface area contributed by atoms with Crippen molar-refractivity contribution in [2.45, 2.75) is 0 Å². The van der Waals surface area contributed by atoms with Crippen molar-refractivity contribution in [1.82, 2.24) is 9.97 Å². The van der Waals surface area contributed by atoms with Gasteiger partial charge in [0.2, 0.25) is 0 Å². The van der Waals surface area contributed by atoms with Crippen molar-refractivity contribution < 1.29 is 0 Å². The van der Waals surface area contributed by atoms with Gasteiger partial charge in [0.15, 0.2) is 0 Å². The molecule has 2 nitrogen and oxygen atoms in total. The van der Waals surface area contributed by atoms with E-state index in [1.165, 1.54) is 0 Å². The quantitative estimate of drug-likeness (QED) is 0.691. The van der Waals surface area contributed by atoms with Crippen molar-refractivity contribution in [3.63, 3.8) is 0 Å². The maximum absolute atomic E-state index is 5.72. The molecule has 2 aromatic rings. The molecule has 0 bridgehead atoms. The second-order valence-electron chi connectivity index (χ2n) is 2.60. The molecule has 0 saturated heterocycles. The molecule has 13 heavy (non-hydrogen) atoms. The van der Waals surface area contributed by atoms with Crippen molar-refractivity contribution in [3.8, 4) is 11.3 Å². The fourth-order valence-electron chi connectivity index (χ4n) is 1.07. The Bertz CT molecular complexity index is 383. The number of hydrogen-bond donors (Lipinski definition) is 0. The van der Waals surface area contributed by atoms with Crippen LogP contribution >= 0.6 is 11.6 Å². The van der Waals surface area contributed by atoms with E-state index >= 15 is 0 Å². The van der Waals surface area contributed by atoms with E-state index in [2.05, 4.69) is 9.97 Å². The van der Waals surface area contributed by atoms with Crippen molar-refractivity contribution >= 4 is 11.6 Å². The monoisotopic (exact) mass is 190 g/mol. The van der Waals surface area contributed by atoms with E-state index < -0.39 is 0 Å². The Morgan fingerprint density at radius 3 is 2.38 bits per heavy atom. The topological polar surface area (TPSA) is 25.8 Å². The van der Waals surface area contributed by atoms with E-state index in [9.17, 15) is 0 Å². The van der Waals surface area contributed by atoms with Gasteiger partial charge < -0.3 is 0 Å². The molecule has 0 radical (unpaired) electrons. The van der Waals surface area contributed by atoms with Gasteiger partial charge in [-0.1, -0.05) is 11.6 Å². The predicted molar refractivity (Wildman–Crippen MR) is 52.5 cm³/mol. The van der Waals surface area contributed by atoms with Crippen molar-refractivity contribution in [2.75, 3.05) is 0 Å². The molecule has 0 aromatic carbocycles. The highest BCUT2D eigenvalue weighted by molar-refractivity contribution is 6.30. The summed E-state index contributed by atoms with van der Waals surface area (Å²) in [5.41, 5.74) is 1.96. The standard InChI is InChI=1S/C10H7ClN2/c11-9-1-2-10(13-7-9)8-3-5-12-6-4-8/h1-7H. The number of rotatable bonds is 1. The molecular formula is C10H7ClN2. The van der Waals surface area contributed by atoms with Crippen LogP contribution in [-0.2, 0) is 0 Å². The Balaban J connectivity index is 2.42. The minimum absolute atomic E-state index is 0.651. The fourth-order valence-corrected chi connectivity index (χ4v) is 1.18. The SMILES string of the molecule is Clc1ccc(-c2ccncc2)nc1. The molecular weight excluding hydrogens is 184 g/mol. The van der Waals surface area contributed by atoms with Gasteiger partial charge in [0, 0.05) is 24.2 Å². The Hall–Kier alpha value is -1.41. The zero-order valence-electron chi connectivity index (χ0n) is 6.81. The molecule has 0 fully saturated rings. The lowest BCUT2D eigenvalue weighted by atomic mass is 10.2. The van der Waals surface area contributed by atoms with Gasteiger partial charge in [-0.25, -0.2) is 0 Å². The van der Waals surface area contributed by atoms with Crippen LogP contribution in [0.25, 0.3) is 11.3 Å². The van der Waals surface area contributed by atoms with Crippen LogP contribution in [0.2, 0.25) is 5.02 Å². The summed E-state index contributed by atoms with van der Waals surface area (Å²) in [4.78, 5) is 8.12. The molecule has 0 aliphatic heterocycles. The summed E-state index contributed by atoms with van der Waals surface area (Å²) in [6.45, 7) is 0. The van der Waals surface area contributed by atoms with Gasteiger partial charge in [-0.3, -0.25) is 9.97 Å². The van der Waals surface area contributed by atoms with E-state index in [1.807, 2.05) is 24.3 Å². The summed E-state index contributed by atoms with van der Waals surface area (Å²) >= 11 is 5.72. The van der Waals surface area contributed by atoms with E-state index in [1.54, 1.807) is 18.6 Å². The highest BCUT2D eigenvalue weighted by Crippen LogP contribution is 2.16. The number of aromatic nitrogens is 2. The molecule has 3 heteroatoms. The Morgan fingerprint density at radius 2 is 1.77 bits per heavy atom. The second-order valence-corrected chi connectivity index (χ2v) is 3.03. The maximum Gasteiger partial charge on any atom is 0.0704 e. The predicted octanol–water partition coefficient (Wildman–Crippen LogP) is 2.80. The van der Waals surface area contributed by atoms with Crippen LogP contribution in [0.4, 0.5) is 0 Å². The molecule has 0 spiro atoms. The van der Waals surface area contributed by atoms with Gasteiger partial charge in [0.05, 0.1) is 10.7 Å². The van der Waals surface area contributed by atoms with E-state index in [4.69, 9.17) is 11.6 Å². The van der Waals surface area contributed by atoms with Crippen molar-refractivity contribution in [2.24, 2.45) is 0 Å². The Kier molecular flexibility index (Phi) is 2.23. The number of nitrogens with zero attached hydrogens (tertiary/aromatic N) is 2. The first-order valence-corrected chi connectivity index (χ1v) is 4.26. The van der Waals surface area contributed by atoms with Crippen LogP contribution in [-0.4, -0.2) is 9.97 Å². The molecule has 0 aliphatic carbocycles. The van der Waals surface area contributed by atoms with Crippen LogP contribution in [0.3, 0.4) is 0 Å². The van der Waals surface area contributed by atoms with E-state index in [-0.39, 0.29) is 0 Å². The zero-order chi connectivity index (χ0) is 9.10. The van der Waals surface area contributed by atoms with Gasteiger partial charge in [0.1, 0.15) is 0 Å². The average molecular weight is 191 g/mol. The van der Waals surface area contributed by atoms with E-state index in [0.717, 1.165) is 11.3 Å². The zero-order valence-corrected chi connectivity index (χ0v) is 7.57. The van der Waals surface area contributed by atoms with Crippen molar-refractivity contribution in [3.05, 3.63) is 47.9 Å². The number of pyridine rings is 2. The molecule has 0 atom stereocenters. The molecule has 0 N–H and O–H groups in total. The van der Waals surface area contributed by atoms with Gasteiger partial charge in [0.25, 0.3) is 0 Å². The van der Waals surface area contributed by atoms with Crippen molar-refractivity contribution in [1.29, 1.82) is 0 Å². The smallest absolute Gasteiger partial charge is 0.0704 e. The highest BCUT2D eigenvalue weighted by Gasteiger charge is 1.96. The van der Waals surface area contributed by atoms with Gasteiger partial charge in [-0.15, -0.1) is 0 Å². The average Bonchev–Trinajstić information content (AvgIpc) is 2.20. The third-order valence-corrected chi connectivity index (χ3v) is 1.93. The summed E-state index contributed by atoms with van der Waals surface area (Å²) in [5.74, 6) is 0. The highest BCUT2D eigenvalue weighted by atomic mass is 35.5. The van der Waals surface area contributed by atoms with Crippen LogP contribution in [0.15, 0.2) is 42.9 Å². The summed E-state index contributed by atoms with van der Waals surface area (Å²) < 4.78 is 0. The third kappa shape index (κ3) is 1.84. The number of hydrogen-bond acceptors (Lipinski definition) is 2. The minimum Gasteiger partial charge on any atom is -0.265 e. The molecule has 0 amide bonds. The van der Waals surface area contributed by atoms with Crippen LogP contribution in [0.5, 0.6) is 0 Å². The van der Waals surface area contributed by atoms with Crippen LogP contribution < -0.4 is 0 Å². The third-order valence-electron chi connectivity index (χ3n) is 1.70. The Labute approximate surface area is 81.2 Å². The summed E-state index contributed by atoms with van der Waals surface area (Å²) in [5, 5.41) is 0.651. The van der Waals surface area contributed by atoms with Crippen LogP contribution in [0.1, 0.15) is 0 Å². The second kappa shape index (κ2) is 3.54. The molecule has 2 aromatic heterocycles. The fraction of sp³-hybridized carbons (Fsp3) is 0. The van der Waals surface area contributed by atoms with Gasteiger partial charge in [-0.2, -0.15) is 0 Å². The largest absolute Gasteiger partial charge is 0.265 e. The molecule has 0 aliphatic rings. The lowest BCUT2D eigenvalue weighted by molar-refractivity contribution is 1.29. The molecule has 0 unspecified atom stereocenters. The normalized spacial score (nSPS) is 9.92. The number of halogens is 1. The lowest BCUT2D eigenvalue weighted by Crippen LogP contribution is -1.82. The molecule has 64 valence electrons. The van der Waals surface area contributed by atoms with Crippen LogP contribution in [0, 0.1) is 0 Å². The summed E-state index contributed by atoms with van der Waals surface area (Å²) in [6.07, 6.45) is 5.12. The first-order chi connectivity index (χ1) is 6.36. The van der Waals surface area contributed by atoms with Gasteiger partial charge >= 0.3 is 0 Å². The summed E-state index contributed by atoms with van der Waals surface area (Å²) in [7, 11) is 0. The van der Waals surface area contributed by atoms with Gasteiger partial charge in [-0.05, 0) is 24.3 Å². The molecule has 0 saturated carbocycles. The maximum atomic E-state index is 5.72. The van der Waals surface area contributed by atoms with E-state index in [0.29, 0.717) is 5.02 Å². The Morgan fingerprint density at radius 1 is 1.00 bits per heavy atom. The molecule has 2 heterocycles. The minimum atomic E-state index is 0.651.